The Morgan fingerprint density at radius 2 is 1.96 bits per heavy atom. The number of alkyl halides is 3. The molecule has 25 heavy (non-hydrogen) atoms. The quantitative estimate of drug-likeness (QED) is 0.623. The number of carbonyl (C=O) groups excluding carboxylic acids is 1. The Kier molecular flexibility index (Phi) is 6.30. The predicted molar refractivity (Wildman–Crippen MR) is 82.0 cm³/mol. The van der Waals surface area contributed by atoms with Crippen LogP contribution in [0.5, 0.6) is 11.5 Å². The van der Waals surface area contributed by atoms with Gasteiger partial charge >= 0.3 is 12.3 Å². The van der Waals surface area contributed by atoms with Gasteiger partial charge in [-0.3, -0.25) is 0 Å². The molecule has 0 bridgehead atoms. The minimum absolute atomic E-state index is 0.0413. The summed E-state index contributed by atoms with van der Waals surface area (Å²) >= 11 is 0. The standard InChI is InChI=1S/C17H19F3O5/c1-2-16(22)23-10-11-7-8-13(12(21)9-11)24-14-5-3-4-6-15(14)25-17(18,19)20/h2-6,11-13,21H,1,7-10H2. The summed E-state index contributed by atoms with van der Waals surface area (Å²) in [6, 6.07) is 5.42. The Labute approximate surface area is 143 Å². The van der Waals surface area contributed by atoms with E-state index >= 15 is 0 Å². The number of halogens is 3. The van der Waals surface area contributed by atoms with Gasteiger partial charge in [-0.2, -0.15) is 0 Å². The molecule has 0 aliphatic heterocycles. The van der Waals surface area contributed by atoms with Crippen molar-refractivity contribution in [3.05, 3.63) is 36.9 Å². The van der Waals surface area contributed by atoms with Crippen molar-refractivity contribution < 1.29 is 37.3 Å². The number of carbonyl (C=O) groups is 1. The molecule has 0 amide bonds. The molecular formula is C17H19F3O5. The van der Waals surface area contributed by atoms with Crippen LogP contribution in [0.25, 0.3) is 0 Å². The van der Waals surface area contributed by atoms with E-state index in [2.05, 4.69) is 11.3 Å². The van der Waals surface area contributed by atoms with Gasteiger partial charge in [0.1, 0.15) is 6.10 Å². The minimum atomic E-state index is -4.83. The second-order valence-electron chi connectivity index (χ2n) is 5.73. The summed E-state index contributed by atoms with van der Waals surface area (Å²) < 4.78 is 51.7. The first kappa shape index (κ1) is 19.1. The predicted octanol–water partition coefficient (Wildman–Crippen LogP) is 3.22. The molecule has 1 N–H and O–H groups in total. The number of hydrogen-bond acceptors (Lipinski definition) is 5. The van der Waals surface area contributed by atoms with E-state index in [1.54, 1.807) is 0 Å². The van der Waals surface area contributed by atoms with Crippen LogP contribution in [0.1, 0.15) is 19.3 Å². The van der Waals surface area contributed by atoms with E-state index in [-0.39, 0.29) is 18.3 Å². The maximum absolute atomic E-state index is 12.4. The van der Waals surface area contributed by atoms with Crippen LogP contribution in [0.4, 0.5) is 13.2 Å². The van der Waals surface area contributed by atoms with Gasteiger partial charge in [0.2, 0.25) is 0 Å². The normalized spacial score (nSPS) is 23.6. The monoisotopic (exact) mass is 360 g/mol. The lowest BCUT2D eigenvalue weighted by molar-refractivity contribution is -0.275. The summed E-state index contributed by atoms with van der Waals surface area (Å²) in [5.74, 6) is -1.11. The van der Waals surface area contributed by atoms with Gasteiger partial charge < -0.3 is 19.3 Å². The molecule has 1 saturated carbocycles. The minimum Gasteiger partial charge on any atom is -0.484 e. The molecule has 0 spiro atoms. The van der Waals surface area contributed by atoms with Crippen LogP contribution in [0.15, 0.2) is 36.9 Å². The fourth-order valence-corrected chi connectivity index (χ4v) is 2.67. The molecule has 1 aliphatic rings. The molecule has 1 fully saturated rings. The first-order chi connectivity index (χ1) is 11.8. The number of aliphatic hydroxyl groups is 1. The number of para-hydroxylation sites is 2. The molecule has 2 rings (SSSR count). The first-order valence-corrected chi connectivity index (χ1v) is 7.77. The van der Waals surface area contributed by atoms with Crippen molar-refractivity contribution >= 4 is 5.97 Å². The zero-order chi connectivity index (χ0) is 18.4. The van der Waals surface area contributed by atoms with Crippen LogP contribution in [0, 0.1) is 5.92 Å². The molecular weight excluding hydrogens is 341 g/mol. The van der Waals surface area contributed by atoms with Crippen molar-refractivity contribution in [1.82, 2.24) is 0 Å². The van der Waals surface area contributed by atoms with Gasteiger partial charge in [-0.1, -0.05) is 18.7 Å². The molecule has 0 heterocycles. The van der Waals surface area contributed by atoms with Gasteiger partial charge in [-0.05, 0) is 37.3 Å². The van der Waals surface area contributed by atoms with E-state index in [0.717, 1.165) is 12.1 Å². The fourth-order valence-electron chi connectivity index (χ4n) is 2.67. The number of rotatable bonds is 6. The van der Waals surface area contributed by atoms with Crippen LogP contribution in [-0.4, -0.2) is 36.3 Å². The van der Waals surface area contributed by atoms with Gasteiger partial charge in [0.05, 0.1) is 12.7 Å². The van der Waals surface area contributed by atoms with Crippen molar-refractivity contribution in [2.24, 2.45) is 5.92 Å². The average Bonchev–Trinajstić information content (AvgIpc) is 2.55. The SMILES string of the molecule is C=CC(=O)OCC1CCC(Oc2ccccc2OC(F)(F)F)C(O)C1. The number of benzene rings is 1. The lowest BCUT2D eigenvalue weighted by atomic mass is 9.86. The molecule has 1 aromatic carbocycles. The van der Waals surface area contributed by atoms with Crippen LogP contribution < -0.4 is 9.47 Å². The van der Waals surface area contributed by atoms with Gasteiger partial charge in [-0.15, -0.1) is 13.2 Å². The van der Waals surface area contributed by atoms with Gasteiger partial charge in [0, 0.05) is 6.08 Å². The average molecular weight is 360 g/mol. The van der Waals surface area contributed by atoms with Crippen LogP contribution in [0.2, 0.25) is 0 Å². The molecule has 3 unspecified atom stereocenters. The van der Waals surface area contributed by atoms with E-state index in [9.17, 15) is 23.1 Å². The molecule has 0 aromatic heterocycles. The van der Waals surface area contributed by atoms with Gasteiger partial charge in [0.15, 0.2) is 11.5 Å². The zero-order valence-electron chi connectivity index (χ0n) is 13.4. The molecule has 1 aliphatic carbocycles. The van der Waals surface area contributed by atoms with Crippen molar-refractivity contribution in [2.75, 3.05) is 6.61 Å². The molecule has 138 valence electrons. The molecule has 3 atom stereocenters. The number of ether oxygens (including phenoxy) is 3. The number of esters is 1. The van der Waals surface area contributed by atoms with Crippen molar-refractivity contribution in [3.63, 3.8) is 0 Å². The Morgan fingerprint density at radius 1 is 1.28 bits per heavy atom. The smallest absolute Gasteiger partial charge is 0.484 e. The van der Waals surface area contributed by atoms with Gasteiger partial charge in [0.25, 0.3) is 0 Å². The van der Waals surface area contributed by atoms with Crippen LogP contribution in [-0.2, 0) is 9.53 Å². The van der Waals surface area contributed by atoms with Crippen molar-refractivity contribution in [3.8, 4) is 11.5 Å². The Morgan fingerprint density at radius 3 is 2.56 bits per heavy atom. The van der Waals surface area contributed by atoms with E-state index in [1.807, 2.05) is 0 Å². The lowest BCUT2D eigenvalue weighted by Crippen LogP contribution is -2.39. The summed E-state index contributed by atoms with van der Waals surface area (Å²) in [6.07, 6.45) is -3.98. The van der Waals surface area contributed by atoms with Gasteiger partial charge in [-0.25, -0.2) is 4.79 Å². The second kappa shape index (κ2) is 8.24. The maximum atomic E-state index is 12.4. The molecule has 0 radical (unpaired) electrons. The second-order valence-corrected chi connectivity index (χ2v) is 5.73. The highest BCUT2D eigenvalue weighted by molar-refractivity contribution is 5.81. The van der Waals surface area contributed by atoms with Crippen LogP contribution in [0.3, 0.4) is 0 Å². The van der Waals surface area contributed by atoms with Crippen molar-refractivity contribution in [2.45, 2.75) is 37.8 Å². The zero-order valence-corrected chi connectivity index (χ0v) is 13.4. The lowest BCUT2D eigenvalue weighted by Gasteiger charge is -2.33. The van der Waals surface area contributed by atoms with Crippen molar-refractivity contribution in [1.29, 1.82) is 0 Å². The highest BCUT2D eigenvalue weighted by Crippen LogP contribution is 2.35. The largest absolute Gasteiger partial charge is 0.573 e. The third-order valence-electron chi connectivity index (χ3n) is 3.84. The number of aliphatic hydroxyl groups excluding tert-OH is 1. The Balaban J connectivity index is 1.94. The molecule has 0 saturated heterocycles. The van der Waals surface area contributed by atoms with Crippen LogP contribution >= 0.6 is 0 Å². The highest BCUT2D eigenvalue weighted by Gasteiger charge is 2.34. The highest BCUT2D eigenvalue weighted by atomic mass is 19.4. The van der Waals surface area contributed by atoms with E-state index in [0.29, 0.717) is 19.3 Å². The topological polar surface area (TPSA) is 65.0 Å². The molecule has 1 aromatic rings. The summed E-state index contributed by atoms with van der Waals surface area (Å²) in [5, 5.41) is 10.2. The fraction of sp³-hybridized carbons (Fsp3) is 0.471. The van der Waals surface area contributed by atoms with E-state index in [4.69, 9.17) is 9.47 Å². The van der Waals surface area contributed by atoms with E-state index in [1.165, 1.54) is 18.2 Å². The Hall–Kier alpha value is -2.22. The third kappa shape index (κ3) is 5.97. The first-order valence-electron chi connectivity index (χ1n) is 7.77. The van der Waals surface area contributed by atoms with E-state index < -0.39 is 30.3 Å². The summed E-state index contributed by atoms with van der Waals surface area (Å²) in [5.41, 5.74) is 0. The Bertz CT molecular complexity index is 602. The molecule has 8 heteroatoms. The molecule has 5 nitrogen and oxygen atoms in total. The summed E-state index contributed by atoms with van der Waals surface area (Å²) in [7, 11) is 0. The third-order valence-corrected chi connectivity index (χ3v) is 3.84. The summed E-state index contributed by atoms with van der Waals surface area (Å²) in [6.45, 7) is 3.45. The summed E-state index contributed by atoms with van der Waals surface area (Å²) in [4.78, 5) is 11.1. The maximum Gasteiger partial charge on any atom is 0.573 e. The number of hydrogen-bond donors (Lipinski definition) is 1.